The molecule has 3 rings (SSSR count). The number of hydrogen-bond acceptors (Lipinski definition) is 3. The summed E-state index contributed by atoms with van der Waals surface area (Å²) in [7, 11) is 0. The molecule has 1 unspecified atom stereocenters. The minimum absolute atomic E-state index is 0.441. The van der Waals surface area contributed by atoms with Gasteiger partial charge in [0.1, 0.15) is 5.54 Å². The van der Waals surface area contributed by atoms with E-state index in [1.165, 1.54) is 38.8 Å². The molecule has 0 saturated heterocycles. The number of hydrogen-bond donors (Lipinski definition) is 2. The fraction of sp³-hybridized carbons (Fsp3) is 0.938. The van der Waals surface area contributed by atoms with Gasteiger partial charge in [-0.2, -0.15) is 0 Å². The Morgan fingerprint density at radius 3 is 2.10 bits per heavy atom. The van der Waals surface area contributed by atoms with E-state index in [2.05, 4.69) is 10.2 Å². The molecule has 4 nitrogen and oxygen atoms in total. The number of rotatable bonds is 10. The van der Waals surface area contributed by atoms with Crippen LogP contribution in [-0.4, -0.2) is 47.2 Å². The molecule has 3 fully saturated rings. The van der Waals surface area contributed by atoms with Gasteiger partial charge in [0.15, 0.2) is 0 Å². The minimum Gasteiger partial charge on any atom is -0.480 e. The first-order chi connectivity index (χ1) is 9.55. The molecule has 0 heterocycles. The maximum Gasteiger partial charge on any atom is 0.323 e. The molecular weight excluding hydrogens is 252 g/mol. The van der Waals surface area contributed by atoms with Crippen molar-refractivity contribution in [3.63, 3.8) is 0 Å². The van der Waals surface area contributed by atoms with Crippen molar-refractivity contribution in [1.29, 1.82) is 0 Å². The second kappa shape index (κ2) is 5.64. The third kappa shape index (κ3) is 4.19. The van der Waals surface area contributed by atoms with Crippen LogP contribution >= 0.6 is 0 Å². The van der Waals surface area contributed by atoms with Gasteiger partial charge >= 0.3 is 5.97 Å². The van der Waals surface area contributed by atoms with Crippen molar-refractivity contribution < 1.29 is 9.90 Å². The summed E-state index contributed by atoms with van der Waals surface area (Å²) in [5, 5.41) is 12.9. The summed E-state index contributed by atoms with van der Waals surface area (Å²) in [5.41, 5.74) is -0.744. The molecule has 1 atom stereocenters. The summed E-state index contributed by atoms with van der Waals surface area (Å²) < 4.78 is 0. The molecule has 0 amide bonds. The lowest BCUT2D eigenvalue weighted by Gasteiger charge is -2.30. The standard InChI is InChI=1S/C16H28N2O2/c1-16(15(19)20,17-14-6-7-14)8-9-18(10-12-2-3-12)11-13-4-5-13/h12-14,17H,2-11H2,1H3,(H,19,20). The Balaban J connectivity index is 1.50. The molecule has 3 aliphatic rings. The van der Waals surface area contributed by atoms with E-state index in [9.17, 15) is 9.90 Å². The average molecular weight is 280 g/mol. The van der Waals surface area contributed by atoms with Crippen molar-refractivity contribution >= 4 is 5.97 Å². The second-order valence-electron chi connectivity index (χ2n) is 7.45. The van der Waals surface area contributed by atoms with Crippen molar-refractivity contribution in [2.24, 2.45) is 11.8 Å². The number of aliphatic carboxylic acids is 1. The number of nitrogens with zero attached hydrogens (tertiary/aromatic N) is 1. The zero-order chi connectivity index (χ0) is 14.2. The third-order valence-corrected chi connectivity index (χ3v) is 4.93. The fourth-order valence-corrected chi connectivity index (χ4v) is 2.89. The van der Waals surface area contributed by atoms with Crippen LogP contribution in [0.1, 0.15) is 51.9 Å². The van der Waals surface area contributed by atoms with E-state index in [0.29, 0.717) is 6.04 Å². The highest BCUT2D eigenvalue weighted by atomic mass is 16.4. The predicted molar refractivity (Wildman–Crippen MR) is 78.7 cm³/mol. The molecule has 20 heavy (non-hydrogen) atoms. The lowest BCUT2D eigenvalue weighted by Crippen LogP contribution is -2.52. The predicted octanol–water partition coefficient (Wildman–Crippen LogP) is 2.09. The van der Waals surface area contributed by atoms with Crippen LogP contribution in [0.3, 0.4) is 0 Å². The highest BCUT2D eigenvalue weighted by Gasteiger charge is 2.39. The monoisotopic (exact) mass is 280 g/mol. The summed E-state index contributed by atoms with van der Waals surface area (Å²) in [6, 6.07) is 0.441. The maximum atomic E-state index is 11.6. The molecule has 2 N–H and O–H groups in total. The van der Waals surface area contributed by atoms with Gasteiger partial charge in [-0.1, -0.05) is 0 Å². The van der Waals surface area contributed by atoms with Crippen LogP contribution in [0, 0.1) is 11.8 Å². The van der Waals surface area contributed by atoms with Crippen molar-refractivity contribution in [2.75, 3.05) is 19.6 Å². The fourth-order valence-electron chi connectivity index (χ4n) is 2.89. The van der Waals surface area contributed by atoms with Gasteiger partial charge in [-0.25, -0.2) is 0 Å². The van der Waals surface area contributed by atoms with Crippen LogP contribution in [0.5, 0.6) is 0 Å². The van der Waals surface area contributed by atoms with Crippen molar-refractivity contribution in [3.05, 3.63) is 0 Å². The SMILES string of the molecule is CC(CCN(CC1CC1)CC1CC1)(NC1CC1)C(=O)O. The Morgan fingerprint density at radius 1 is 1.15 bits per heavy atom. The second-order valence-corrected chi connectivity index (χ2v) is 7.45. The summed E-state index contributed by atoms with van der Waals surface area (Å²) in [4.78, 5) is 14.1. The van der Waals surface area contributed by atoms with Gasteiger partial charge in [0.05, 0.1) is 0 Å². The largest absolute Gasteiger partial charge is 0.480 e. The average Bonchev–Trinajstić information content (AvgIpc) is 3.22. The molecule has 0 bridgehead atoms. The van der Waals surface area contributed by atoms with E-state index in [4.69, 9.17) is 0 Å². The first-order valence-corrected chi connectivity index (χ1v) is 8.28. The van der Waals surface area contributed by atoms with Gasteiger partial charge < -0.3 is 10.0 Å². The van der Waals surface area contributed by atoms with Crippen LogP contribution < -0.4 is 5.32 Å². The highest BCUT2D eigenvalue weighted by Crippen LogP contribution is 2.34. The van der Waals surface area contributed by atoms with E-state index in [1.54, 1.807) is 0 Å². The van der Waals surface area contributed by atoms with Gasteiger partial charge in [0.2, 0.25) is 0 Å². The van der Waals surface area contributed by atoms with E-state index >= 15 is 0 Å². The minimum atomic E-state index is -0.744. The molecule has 3 aliphatic carbocycles. The normalized spacial score (nSPS) is 25.7. The topological polar surface area (TPSA) is 52.6 Å². The molecule has 0 aromatic heterocycles. The molecule has 3 saturated carbocycles. The van der Waals surface area contributed by atoms with Gasteiger partial charge in [0.25, 0.3) is 0 Å². The molecule has 0 aromatic carbocycles. The van der Waals surface area contributed by atoms with Crippen LogP contribution in [0.2, 0.25) is 0 Å². The van der Waals surface area contributed by atoms with Crippen molar-refractivity contribution in [2.45, 2.75) is 63.5 Å². The summed E-state index contributed by atoms with van der Waals surface area (Å²) >= 11 is 0. The van der Waals surface area contributed by atoms with Gasteiger partial charge in [-0.05, 0) is 63.7 Å². The molecular formula is C16H28N2O2. The number of carboxylic acid groups (broad SMARTS) is 1. The van der Waals surface area contributed by atoms with Gasteiger partial charge in [0, 0.05) is 25.7 Å². The van der Waals surface area contributed by atoms with Crippen LogP contribution in [0.15, 0.2) is 0 Å². The van der Waals surface area contributed by atoms with Crippen LogP contribution in [-0.2, 0) is 4.79 Å². The quantitative estimate of drug-likeness (QED) is 0.643. The lowest BCUT2D eigenvalue weighted by molar-refractivity contribution is -0.144. The van der Waals surface area contributed by atoms with Crippen LogP contribution in [0.4, 0.5) is 0 Å². The molecule has 0 aromatic rings. The summed E-state index contributed by atoms with van der Waals surface area (Å²) in [5.74, 6) is 1.09. The van der Waals surface area contributed by atoms with Crippen molar-refractivity contribution in [3.8, 4) is 0 Å². The maximum absolute atomic E-state index is 11.6. The Bertz CT molecular complexity index is 347. The Labute approximate surface area is 121 Å². The molecule has 0 spiro atoms. The van der Waals surface area contributed by atoms with E-state index in [0.717, 1.165) is 37.6 Å². The lowest BCUT2D eigenvalue weighted by atomic mass is 9.97. The summed E-state index contributed by atoms with van der Waals surface area (Å²) in [6.45, 7) is 5.17. The number of carbonyl (C=O) groups is 1. The van der Waals surface area contributed by atoms with Crippen LogP contribution in [0.25, 0.3) is 0 Å². The number of nitrogens with one attached hydrogen (secondary N) is 1. The van der Waals surface area contributed by atoms with Crippen molar-refractivity contribution in [1.82, 2.24) is 10.2 Å². The number of carboxylic acids is 1. The van der Waals surface area contributed by atoms with Gasteiger partial charge in [-0.15, -0.1) is 0 Å². The Hall–Kier alpha value is -0.610. The first-order valence-electron chi connectivity index (χ1n) is 8.28. The Kier molecular flexibility index (Phi) is 4.04. The van der Waals surface area contributed by atoms with E-state index < -0.39 is 11.5 Å². The van der Waals surface area contributed by atoms with Gasteiger partial charge in [-0.3, -0.25) is 10.1 Å². The zero-order valence-electron chi connectivity index (χ0n) is 12.6. The Morgan fingerprint density at radius 2 is 1.70 bits per heavy atom. The smallest absolute Gasteiger partial charge is 0.323 e. The van der Waals surface area contributed by atoms with E-state index in [-0.39, 0.29) is 0 Å². The zero-order valence-corrected chi connectivity index (χ0v) is 12.6. The molecule has 114 valence electrons. The van der Waals surface area contributed by atoms with E-state index in [1.807, 2.05) is 6.92 Å². The third-order valence-electron chi connectivity index (χ3n) is 4.93. The molecule has 4 heteroatoms. The molecule has 0 aliphatic heterocycles. The summed E-state index contributed by atoms with van der Waals surface area (Å²) in [6.07, 6.45) is 8.48. The highest BCUT2D eigenvalue weighted by molar-refractivity contribution is 5.78. The molecule has 0 radical (unpaired) electrons. The first kappa shape index (κ1) is 14.3.